The van der Waals surface area contributed by atoms with E-state index in [9.17, 15) is 18.0 Å². The standard InChI is InChI=1S/C23H28N4O6S/c1-17-4-7-20(8-5-17)34(30,31)27-12-10-26(11-13-27)16-23(29)25-24-15-19-6-9-21(33-18(2)28)22(14-19)32-3/h4-9,14-15H,10-13,16H2,1-3H3,(H,25,29)/b24-15+. The van der Waals surface area contributed by atoms with Crippen molar-refractivity contribution in [1.29, 1.82) is 0 Å². The summed E-state index contributed by atoms with van der Waals surface area (Å²) in [5.41, 5.74) is 4.10. The number of sulfonamides is 1. The predicted octanol–water partition coefficient (Wildman–Crippen LogP) is 1.39. The van der Waals surface area contributed by atoms with E-state index < -0.39 is 16.0 Å². The number of hydrazone groups is 1. The molecule has 2 aromatic rings. The van der Waals surface area contributed by atoms with E-state index in [1.165, 1.54) is 24.6 Å². The normalized spacial score (nSPS) is 15.3. The lowest BCUT2D eigenvalue weighted by Gasteiger charge is -2.33. The fraction of sp³-hybridized carbons (Fsp3) is 0.348. The minimum absolute atomic E-state index is 0.102. The Labute approximate surface area is 199 Å². The Morgan fingerprint density at radius 3 is 2.35 bits per heavy atom. The van der Waals surface area contributed by atoms with E-state index in [0.717, 1.165) is 5.56 Å². The molecule has 0 aromatic heterocycles. The van der Waals surface area contributed by atoms with Gasteiger partial charge in [-0.05, 0) is 42.8 Å². The molecule has 1 aliphatic rings. The third-order valence-electron chi connectivity index (χ3n) is 5.20. The second-order valence-corrected chi connectivity index (χ2v) is 9.73. The van der Waals surface area contributed by atoms with Crippen LogP contribution in [0, 0.1) is 6.92 Å². The van der Waals surface area contributed by atoms with E-state index in [0.29, 0.717) is 43.2 Å². The number of amides is 1. The summed E-state index contributed by atoms with van der Waals surface area (Å²) < 4.78 is 37.3. The molecule has 1 N–H and O–H groups in total. The van der Waals surface area contributed by atoms with Crippen molar-refractivity contribution < 1.29 is 27.5 Å². The molecule has 10 nitrogen and oxygen atoms in total. The number of carbonyl (C=O) groups excluding carboxylic acids is 2. The summed E-state index contributed by atoms with van der Waals surface area (Å²) >= 11 is 0. The minimum atomic E-state index is -3.55. The summed E-state index contributed by atoms with van der Waals surface area (Å²) in [5, 5.41) is 3.95. The number of methoxy groups -OCH3 is 1. The van der Waals surface area contributed by atoms with Gasteiger partial charge in [-0.1, -0.05) is 17.7 Å². The zero-order valence-corrected chi connectivity index (χ0v) is 20.2. The van der Waals surface area contributed by atoms with E-state index in [1.807, 2.05) is 11.8 Å². The van der Waals surface area contributed by atoms with Gasteiger partial charge in [0.15, 0.2) is 11.5 Å². The maximum absolute atomic E-state index is 12.8. The van der Waals surface area contributed by atoms with Gasteiger partial charge in [0.2, 0.25) is 10.0 Å². The number of nitrogens with one attached hydrogen (secondary N) is 1. The van der Waals surface area contributed by atoms with E-state index in [2.05, 4.69) is 10.5 Å². The maximum Gasteiger partial charge on any atom is 0.308 e. The van der Waals surface area contributed by atoms with Crippen LogP contribution in [-0.4, -0.2) is 75.5 Å². The SMILES string of the molecule is COc1cc(/C=N/NC(=O)CN2CCN(S(=O)(=O)c3ccc(C)cc3)CC2)ccc1OC(C)=O. The number of hydrogen-bond acceptors (Lipinski definition) is 8. The summed E-state index contributed by atoms with van der Waals surface area (Å²) in [6.07, 6.45) is 1.45. The van der Waals surface area contributed by atoms with Crippen LogP contribution in [0.3, 0.4) is 0 Å². The summed E-state index contributed by atoms with van der Waals surface area (Å²) in [5.74, 6) is -0.112. The Bertz CT molecular complexity index is 1160. The number of hydrogen-bond donors (Lipinski definition) is 1. The van der Waals surface area contributed by atoms with Gasteiger partial charge in [0.1, 0.15) is 0 Å². The summed E-state index contributed by atoms with van der Waals surface area (Å²) in [4.78, 5) is 25.5. The third kappa shape index (κ3) is 6.62. The number of esters is 1. The molecular formula is C23H28N4O6S. The molecule has 1 amide bonds. The number of piperazine rings is 1. The molecular weight excluding hydrogens is 460 g/mol. The molecule has 1 heterocycles. The average molecular weight is 489 g/mol. The Hall–Kier alpha value is -3.28. The molecule has 1 fully saturated rings. The van der Waals surface area contributed by atoms with Crippen LogP contribution < -0.4 is 14.9 Å². The van der Waals surface area contributed by atoms with Gasteiger partial charge in [0.05, 0.1) is 24.8 Å². The topological polar surface area (TPSA) is 118 Å². The average Bonchev–Trinajstić information content (AvgIpc) is 2.80. The second-order valence-electron chi connectivity index (χ2n) is 7.79. The molecule has 0 radical (unpaired) electrons. The van der Waals surface area contributed by atoms with Crippen LogP contribution in [-0.2, 0) is 19.6 Å². The lowest BCUT2D eigenvalue weighted by Crippen LogP contribution is -2.50. The first-order chi connectivity index (χ1) is 16.2. The van der Waals surface area contributed by atoms with E-state index in [4.69, 9.17) is 9.47 Å². The molecule has 2 aromatic carbocycles. The van der Waals surface area contributed by atoms with Crippen LogP contribution in [0.5, 0.6) is 11.5 Å². The fourth-order valence-electron chi connectivity index (χ4n) is 3.41. The molecule has 1 aliphatic heterocycles. The highest BCUT2D eigenvalue weighted by atomic mass is 32.2. The Balaban J connectivity index is 1.49. The van der Waals surface area contributed by atoms with Gasteiger partial charge in [0.25, 0.3) is 5.91 Å². The van der Waals surface area contributed by atoms with Gasteiger partial charge in [-0.25, -0.2) is 13.8 Å². The van der Waals surface area contributed by atoms with Gasteiger partial charge < -0.3 is 9.47 Å². The lowest BCUT2D eigenvalue weighted by atomic mass is 10.2. The molecule has 0 unspecified atom stereocenters. The zero-order valence-electron chi connectivity index (χ0n) is 19.4. The molecule has 182 valence electrons. The minimum Gasteiger partial charge on any atom is -0.493 e. The van der Waals surface area contributed by atoms with Crippen LogP contribution >= 0.6 is 0 Å². The van der Waals surface area contributed by atoms with Gasteiger partial charge >= 0.3 is 5.97 Å². The van der Waals surface area contributed by atoms with Crippen LogP contribution in [0.25, 0.3) is 0 Å². The van der Waals surface area contributed by atoms with Gasteiger partial charge in [0, 0.05) is 33.1 Å². The third-order valence-corrected chi connectivity index (χ3v) is 7.11. The molecule has 11 heteroatoms. The second kappa shape index (κ2) is 11.2. The molecule has 3 rings (SSSR count). The van der Waals surface area contributed by atoms with Gasteiger partial charge in [-0.2, -0.15) is 9.41 Å². The number of rotatable bonds is 8. The smallest absolute Gasteiger partial charge is 0.308 e. The Morgan fingerprint density at radius 1 is 1.06 bits per heavy atom. The quantitative estimate of drug-likeness (QED) is 0.258. The van der Waals surface area contributed by atoms with Gasteiger partial charge in [-0.15, -0.1) is 0 Å². The fourth-order valence-corrected chi connectivity index (χ4v) is 4.83. The number of benzene rings is 2. The van der Waals surface area contributed by atoms with Crippen molar-refractivity contribution in [3.63, 3.8) is 0 Å². The van der Waals surface area contributed by atoms with Crippen LogP contribution in [0.15, 0.2) is 52.5 Å². The largest absolute Gasteiger partial charge is 0.493 e. The van der Waals surface area contributed by atoms with Crippen molar-refractivity contribution in [3.05, 3.63) is 53.6 Å². The Kier molecular flexibility index (Phi) is 8.37. The number of carbonyl (C=O) groups is 2. The summed E-state index contributed by atoms with van der Waals surface area (Å²) in [7, 11) is -2.09. The van der Waals surface area contributed by atoms with Crippen molar-refractivity contribution >= 4 is 28.1 Å². The van der Waals surface area contributed by atoms with Crippen molar-refractivity contribution in [2.75, 3.05) is 39.8 Å². The maximum atomic E-state index is 12.8. The molecule has 1 saturated heterocycles. The number of nitrogens with zero attached hydrogens (tertiary/aromatic N) is 3. The van der Waals surface area contributed by atoms with Crippen molar-refractivity contribution in [3.8, 4) is 11.5 Å². The Morgan fingerprint density at radius 2 is 1.74 bits per heavy atom. The first-order valence-electron chi connectivity index (χ1n) is 10.7. The monoisotopic (exact) mass is 488 g/mol. The van der Waals surface area contributed by atoms with E-state index >= 15 is 0 Å². The number of aryl methyl sites for hydroxylation is 1. The summed E-state index contributed by atoms with van der Waals surface area (Å²) in [6.45, 7) is 4.80. The van der Waals surface area contributed by atoms with E-state index in [1.54, 1.807) is 42.5 Å². The van der Waals surface area contributed by atoms with Crippen LogP contribution in [0.1, 0.15) is 18.1 Å². The van der Waals surface area contributed by atoms with Crippen molar-refractivity contribution in [2.45, 2.75) is 18.7 Å². The lowest BCUT2D eigenvalue weighted by molar-refractivity contribution is -0.132. The molecule has 0 atom stereocenters. The summed E-state index contributed by atoms with van der Waals surface area (Å²) in [6, 6.07) is 11.7. The molecule has 0 spiro atoms. The molecule has 34 heavy (non-hydrogen) atoms. The highest BCUT2D eigenvalue weighted by molar-refractivity contribution is 7.89. The molecule has 0 saturated carbocycles. The zero-order chi connectivity index (χ0) is 24.7. The van der Waals surface area contributed by atoms with Crippen molar-refractivity contribution in [1.82, 2.24) is 14.6 Å². The highest BCUT2D eigenvalue weighted by Crippen LogP contribution is 2.27. The first-order valence-corrected chi connectivity index (χ1v) is 12.1. The highest BCUT2D eigenvalue weighted by Gasteiger charge is 2.28. The van der Waals surface area contributed by atoms with Crippen LogP contribution in [0.4, 0.5) is 0 Å². The van der Waals surface area contributed by atoms with Crippen molar-refractivity contribution in [2.24, 2.45) is 5.10 Å². The molecule has 0 bridgehead atoms. The van der Waals surface area contributed by atoms with Crippen LogP contribution in [0.2, 0.25) is 0 Å². The molecule has 0 aliphatic carbocycles. The predicted molar refractivity (Wildman–Crippen MR) is 126 cm³/mol. The number of ether oxygens (including phenoxy) is 2. The van der Waals surface area contributed by atoms with Gasteiger partial charge in [-0.3, -0.25) is 14.5 Å². The van der Waals surface area contributed by atoms with E-state index in [-0.39, 0.29) is 17.3 Å². The first kappa shape index (κ1) is 25.3.